The van der Waals surface area contributed by atoms with Crippen molar-refractivity contribution in [2.45, 2.75) is 13.8 Å². The molecule has 0 atom stereocenters. The van der Waals surface area contributed by atoms with E-state index in [0.717, 1.165) is 17.1 Å². The first-order valence-corrected chi connectivity index (χ1v) is 8.39. The Kier molecular flexibility index (Phi) is 5.34. The highest BCUT2D eigenvalue weighted by Crippen LogP contribution is 2.22. The Balaban J connectivity index is 1.79. The molecule has 0 fully saturated rings. The van der Waals surface area contributed by atoms with E-state index in [1.54, 1.807) is 0 Å². The average Bonchev–Trinajstić information content (AvgIpc) is 2.56. The molecule has 7 heteroatoms. The lowest BCUT2D eigenvalue weighted by molar-refractivity contribution is -0.114. The number of hydrogen-bond donors (Lipinski definition) is 3. The third kappa shape index (κ3) is 4.94. The van der Waals surface area contributed by atoms with Gasteiger partial charge in [-0.05, 0) is 49.4 Å². The molecule has 3 aromatic rings. The number of carbonyl (C=O) groups is 1. The van der Waals surface area contributed by atoms with E-state index >= 15 is 0 Å². The number of aromatic nitrogens is 2. The van der Waals surface area contributed by atoms with Gasteiger partial charge < -0.3 is 16.0 Å². The molecule has 1 amide bonds. The van der Waals surface area contributed by atoms with Crippen molar-refractivity contribution < 1.29 is 4.79 Å². The van der Waals surface area contributed by atoms with Gasteiger partial charge in [-0.25, -0.2) is 4.98 Å². The van der Waals surface area contributed by atoms with Crippen LogP contribution in [0.25, 0.3) is 0 Å². The Hall–Kier alpha value is -3.12. The smallest absolute Gasteiger partial charge is 0.229 e. The number of amides is 1. The molecule has 3 rings (SSSR count). The molecule has 0 radical (unpaired) electrons. The summed E-state index contributed by atoms with van der Waals surface area (Å²) in [4.78, 5) is 20.1. The first-order chi connectivity index (χ1) is 12.5. The number of nitrogens with one attached hydrogen (secondary N) is 3. The maximum absolute atomic E-state index is 11.2. The van der Waals surface area contributed by atoms with Gasteiger partial charge in [-0.15, -0.1) is 0 Å². The number of hydrogen-bond acceptors (Lipinski definition) is 5. The number of aryl methyl sites for hydroxylation is 1. The molecule has 0 saturated carbocycles. The molecule has 2 aromatic carbocycles. The second-order valence-electron chi connectivity index (χ2n) is 5.74. The Morgan fingerprint density at radius 3 is 2.38 bits per heavy atom. The summed E-state index contributed by atoms with van der Waals surface area (Å²) >= 11 is 5.91. The van der Waals surface area contributed by atoms with E-state index in [2.05, 4.69) is 25.9 Å². The lowest BCUT2D eigenvalue weighted by atomic mass is 10.2. The summed E-state index contributed by atoms with van der Waals surface area (Å²) in [6.45, 7) is 3.37. The zero-order valence-electron chi connectivity index (χ0n) is 14.4. The van der Waals surface area contributed by atoms with E-state index in [-0.39, 0.29) is 5.91 Å². The van der Waals surface area contributed by atoms with Crippen molar-refractivity contribution in [1.82, 2.24) is 9.97 Å². The average molecular weight is 368 g/mol. The standard InChI is InChI=1S/C19H18ClN5O/c1-12-10-18(23-15-8-6-14(20)7-9-15)25-19(21-12)24-17-5-3-4-16(11-17)22-13(2)26/h3-11H,1-2H3,(H,22,26)(H2,21,23,24,25). The highest BCUT2D eigenvalue weighted by molar-refractivity contribution is 6.30. The van der Waals surface area contributed by atoms with Crippen LogP contribution in [0.15, 0.2) is 54.6 Å². The van der Waals surface area contributed by atoms with Gasteiger partial charge in [0.1, 0.15) is 5.82 Å². The zero-order chi connectivity index (χ0) is 18.5. The van der Waals surface area contributed by atoms with Crippen LogP contribution in [0.3, 0.4) is 0 Å². The van der Waals surface area contributed by atoms with Crippen molar-refractivity contribution in [3.05, 3.63) is 65.3 Å². The minimum Gasteiger partial charge on any atom is -0.340 e. The molecule has 0 spiro atoms. The quantitative estimate of drug-likeness (QED) is 0.598. The fourth-order valence-corrected chi connectivity index (χ4v) is 2.50. The van der Waals surface area contributed by atoms with Crippen LogP contribution in [0.5, 0.6) is 0 Å². The van der Waals surface area contributed by atoms with E-state index in [9.17, 15) is 4.79 Å². The molecule has 0 aliphatic rings. The molecule has 1 aromatic heterocycles. The second-order valence-corrected chi connectivity index (χ2v) is 6.17. The van der Waals surface area contributed by atoms with E-state index in [0.29, 0.717) is 22.5 Å². The van der Waals surface area contributed by atoms with Gasteiger partial charge in [0, 0.05) is 40.8 Å². The van der Waals surface area contributed by atoms with Crippen LogP contribution in [0, 0.1) is 6.92 Å². The molecule has 0 aliphatic heterocycles. The van der Waals surface area contributed by atoms with Crippen LogP contribution in [-0.4, -0.2) is 15.9 Å². The monoisotopic (exact) mass is 367 g/mol. The number of carbonyl (C=O) groups excluding carboxylic acids is 1. The topological polar surface area (TPSA) is 78.9 Å². The summed E-state index contributed by atoms with van der Waals surface area (Å²) < 4.78 is 0. The van der Waals surface area contributed by atoms with Gasteiger partial charge in [-0.3, -0.25) is 4.79 Å². The number of benzene rings is 2. The van der Waals surface area contributed by atoms with Gasteiger partial charge in [-0.1, -0.05) is 17.7 Å². The number of anilines is 5. The summed E-state index contributed by atoms with van der Waals surface area (Å²) in [7, 11) is 0. The second kappa shape index (κ2) is 7.84. The van der Waals surface area contributed by atoms with Gasteiger partial charge >= 0.3 is 0 Å². The van der Waals surface area contributed by atoms with Crippen molar-refractivity contribution in [3.63, 3.8) is 0 Å². The van der Waals surface area contributed by atoms with Gasteiger partial charge in [0.05, 0.1) is 0 Å². The van der Waals surface area contributed by atoms with E-state index in [1.165, 1.54) is 6.92 Å². The first kappa shape index (κ1) is 17.7. The van der Waals surface area contributed by atoms with Crippen molar-refractivity contribution in [2.75, 3.05) is 16.0 Å². The number of rotatable bonds is 5. The molecule has 0 saturated heterocycles. The lowest BCUT2D eigenvalue weighted by Crippen LogP contribution is -2.06. The molecular weight excluding hydrogens is 350 g/mol. The van der Waals surface area contributed by atoms with Crippen LogP contribution in [-0.2, 0) is 4.79 Å². The zero-order valence-corrected chi connectivity index (χ0v) is 15.1. The van der Waals surface area contributed by atoms with Gasteiger partial charge in [0.25, 0.3) is 0 Å². The van der Waals surface area contributed by atoms with Gasteiger partial charge in [0.15, 0.2) is 0 Å². The van der Waals surface area contributed by atoms with E-state index < -0.39 is 0 Å². The predicted octanol–water partition coefficient (Wildman–Crippen LogP) is 4.88. The summed E-state index contributed by atoms with van der Waals surface area (Å²) in [5.41, 5.74) is 3.18. The molecule has 132 valence electrons. The Morgan fingerprint density at radius 2 is 1.65 bits per heavy atom. The molecule has 6 nitrogen and oxygen atoms in total. The fourth-order valence-electron chi connectivity index (χ4n) is 2.38. The van der Waals surface area contributed by atoms with Crippen LogP contribution >= 0.6 is 11.6 Å². The summed E-state index contributed by atoms with van der Waals surface area (Å²) in [6.07, 6.45) is 0. The van der Waals surface area contributed by atoms with E-state index in [1.807, 2.05) is 61.5 Å². The van der Waals surface area contributed by atoms with Crippen LogP contribution < -0.4 is 16.0 Å². The van der Waals surface area contributed by atoms with Crippen molar-refractivity contribution >= 4 is 46.3 Å². The third-order valence-corrected chi connectivity index (χ3v) is 3.66. The first-order valence-electron chi connectivity index (χ1n) is 8.01. The Labute approximate surface area is 156 Å². The van der Waals surface area contributed by atoms with Crippen molar-refractivity contribution in [3.8, 4) is 0 Å². The lowest BCUT2D eigenvalue weighted by Gasteiger charge is -2.11. The summed E-state index contributed by atoms with van der Waals surface area (Å²) in [5, 5.41) is 9.81. The Morgan fingerprint density at radius 1 is 0.923 bits per heavy atom. The SMILES string of the molecule is CC(=O)Nc1cccc(Nc2nc(C)cc(Nc3ccc(Cl)cc3)n2)c1. The molecule has 26 heavy (non-hydrogen) atoms. The molecule has 3 N–H and O–H groups in total. The normalized spacial score (nSPS) is 10.3. The summed E-state index contributed by atoms with van der Waals surface area (Å²) in [6, 6.07) is 16.6. The molecule has 0 unspecified atom stereocenters. The fraction of sp³-hybridized carbons (Fsp3) is 0.105. The van der Waals surface area contributed by atoms with Crippen LogP contribution in [0.4, 0.5) is 28.8 Å². The summed E-state index contributed by atoms with van der Waals surface area (Å²) in [5.74, 6) is 1.00. The molecule has 0 aliphatic carbocycles. The highest BCUT2D eigenvalue weighted by Gasteiger charge is 2.05. The Bertz CT molecular complexity index is 927. The highest BCUT2D eigenvalue weighted by atomic mass is 35.5. The van der Waals surface area contributed by atoms with Crippen molar-refractivity contribution in [2.24, 2.45) is 0 Å². The van der Waals surface area contributed by atoms with Crippen LogP contribution in [0.1, 0.15) is 12.6 Å². The van der Waals surface area contributed by atoms with Gasteiger partial charge in [0.2, 0.25) is 11.9 Å². The predicted molar refractivity (Wildman–Crippen MR) is 106 cm³/mol. The maximum Gasteiger partial charge on any atom is 0.229 e. The molecule has 0 bridgehead atoms. The van der Waals surface area contributed by atoms with E-state index in [4.69, 9.17) is 11.6 Å². The minimum absolute atomic E-state index is 0.122. The third-order valence-electron chi connectivity index (χ3n) is 3.41. The van der Waals surface area contributed by atoms with Crippen LogP contribution in [0.2, 0.25) is 5.02 Å². The van der Waals surface area contributed by atoms with Crippen molar-refractivity contribution in [1.29, 1.82) is 0 Å². The molecular formula is C19H18ClN5O. The number of nitrogens with zero attached hydrogens (tertiary/aromatic N) is 2. The largest absolute Gasteiger partial charge is 0.340 e. The minimum atomic E-state index is -0.122. The maximum atomic E-state index is 11.2. The molecule has 1 heterocycles. The number of halogens is 1. The van der Waals surface area contributed by atoms with Gasteiger partial charge in [-0.2, -0.15) is 4.98 Å².